The van der Waals surface area contributed by atoms with E-state index < -0.39 is 6.10 Å². The molecule has 1 atom stereocenters. The van der Waals surface area contributed by atoms with Crippen LogP contribution < -0.4 is 5.73 Å². The Balaban J connectivity index is 2.52. The number of aromatic nitrogens is 1. The summed E-state index contributed by atoms with van der Waals surface area (Å²) in [6.07, 6.45) is 2.47. The second-order valence-corrected chi connectivity index (χ2v) is 2.80. The van der Waals surface area contributed by atoms with E-state index in [2.05, 4.69) is 5.16 Å². The van der Waals surface area contributed by atoms with Gasteiger partial charge in [0.2, 0.25) is 0 Å². The summed E-state index contributed by atoms with van der Waals surface area (Å²) in [4.78, 5) is 0. The average molecular weight is 170 g/mol. The smallest absolute Gasteiger partial charge is 0.129 e. The van der Waals surface area contributed by atoms with Gasteiger partial charge < -0.3 is 15.4 Å². The van der Waals surface area contributed by atoms with Crippen molar-refractivity contribution in [2.24, 2.45) is 5.73 Å². The maximum Gasteiger partial charge on any atom is 0.129 e. The van der Waals surface area contributed by atoms with Gasteiger partial charge in [-0.3, -0.25) is 0 Å². The molecule has 0 radical (unpaired) electrons. The predicted molar refractivity (Wildman–Crippen MR) is 44.5 cm³/mol. The van der Waals surface area contributed by atoms with Crippen molar-refractivity contribution in [2.45, 2.75) is 25.9 Å². The Morgan fingerprint density at radius 1 is 1.75 bits per heavy atom. The van der Waals surface area contributed by atoms with Gasteiger partial charge in [0.15, 0.2) is 0 Å². The van der Waals surface area contributed by atoms with Crippen LogP contribution in [0, 0.1) is 6.92 Å². The molecule has 0 aliphatic rings. The monoisotopic (exact) mass is 170 g/mol. The topological polar surface area (TPSA) is 72.3 Å². The normalized spacial score (nSPS) is 13.2. The minimum Gasteiger partial charge on any atom is -0.388 e. The van der Waals surface area contributed by atoms with Gasteiger partial charge in [-0.2, -0.15) is 0 Å². The van der Waals surface area contributed by atoms with E-state index in [1.54, 1.807) is 0 Å². The maximum absolute atomic E-state index is 9.57. The van der Waals surface area contributed by atoms with Gasteiger partial charge in [-0.15, -0.1) is 0 Å². The van der Waals surface area contributed by atoms with E-state index in [0.29, 0.717) is 13.0 Å². The number of hydrogen-bond donors (Lipinski definition) is 2. The number of nitrogens with two attached hydrogens (primary N) is 1. The molecule has 0 amide bonds. The number of aliphatic hydroxyl groups excluding tert-OH is 1. The predicted octanol–water partition coefficient (Wildman–Crippen LogP) is 0.755. The molecule has 1 heterocycles. The molecular weight excluding hydrogens is 156 g/mol. The molecule has 3 N–H and O–H groups in total. The van der Waals surface area contributed by atoms with Crippen LogP contribution in [0.2, 0.25) is 0 Å². The summed E-state index contributed by atoms with van der Waals surface area (Å²) in [6.45, 7) is 2.41. The van der Waals surface area contributed by atoms with E-state index in [4.69, 9.17) is 10.3 Å². The van der Waals surface area contributed by atoms with Crippen LogP contribution in [0.25, 0.3) is 0 Å². The molecule has 1 unspecified atom stereocenters. The number of aryl methyl sites for hydroxylation is 1. The second kappa shape index (κ2) is 4.23. The first-order valence-corrected chi connectivity index (χ1v) is 4.04. The lowest BCUT2D eigenvalue weighted by Crippen LogP contribution is -2.04. The van der Waals surface area contributed by atoms with Crippen LogP contribution in [-0.4, -0.2) is 16.8 Å². The molecule has 12 heavy (non-hydrogen) atoms. The summed E-state index contributed by atoms with van der Waals surface area (Å²) >= 11 is 0. The minimum atomic E-state index is -0.486. The Hall–Kier alpha value is -0.870. The van der Waals surface area contributed by atoms with E-state index in [1.165, 1.54) is 6.26 Å². The molecule has 68 valence electrons. The lowest BCUT2D eigenvalue weighted by molar-refractivity contribution is 0.164. The third-order valence-electron chi connectivity index (χ3n) is 1.83. The Morgan fingerprint density at radius 2 is 2.50 bits per heavy atom. The second-order valence-electron chi connectivity index (χ2n) is 2.80. The molecular formula is C8H14N2O2. The highest BCUT2D eigenvalue weighted by Gasteiger charge is 2.12. The lowest BCUT2D eigenvalue weighted by Gasteiger charge is -2.06. The quantitative estimate of drug-likeness (QED) is 0.699. The van der Waals surface area contributed by atoms with E-state index in [0.717, 1.165) is 17.7 Å². The van der Waals surface area contributed by atoms with Crippen molar-refractivity contribution < 1.29 is 9.63 Å². The van der Waals surface area contributed by atoms with Crippen molar-refractivity contribution >= 4 is 0 Å². The standard InChI is InChI=1S/C8H14N2O2/c1-6-7(5-12-10-6)8(11)3-2-4-9/h5,8,11H,2-4,9H2,1H3. The van der Waals surface area contributed by atoms with Crippen LogP contribution >= 0.6 is 0 Å². The number of rotatable bonds is 4. The highest BCUT2D eigenvalue weighted by atomic mass is 16.5. The number of aliphatic hydroxyl groups is 1. The molecule has 0 bridgehead atoms. The fourth-order valence-electron chi connectivity index (χ4n) is 1.09. The third-order valence-corrected chi connectivity index (χ3v) is 1.83. The Morgan fingerprint density at radius 3 is 3.00 bits per heavy atom. The summed E-state index contributed by atoms with van der Waals surface area (Å²) in [6, 6.07) is 0. The number of nitrogens with zero attached hydrogens (tertiary/aromatic N) is 1. The van der Waals surface area contributed by atoms with Crippen molar-refractivity contribution in [3.8, 4) is 0 Å². The Labute approximate surface area is 71.4 Å². The van der Waals surface area contributed by atoms with Crippen molar-refractivity contribution in [3.63, 3.8) is 0 Å². The highest BCUT2D eigenvalue weighted by Crippen LogP contribution is 2.20. The minimum absolute atomic E-state index is 0.486. The van der Waals surface area contributed by atoms with Gasteiger partial charge in [0.1, 0.15) is 6.26 Å². The molecule has 0 aliphatic carbocycles. The Bertz CT molecular complexity index is 235. The van der Waals surface area contributed by atoms with Crippen LogP contribution in [0.5, 0.6) is 0 Å². The van der Waals surface area contributed by atoms with Crippen LogP contribution in [0.1, 0.15) is 30.2 Å². The van der Waals surface area contributed by atoms with Gasteiger partial charge in [0.05, 0.1) is 11.8 Å². The Kier molecular flexibility index (Phi) is 3.25. The molecule has 4 heteroatoms. The zero-order valence-corrected chi connectivity index (χ0v) is 7.16. The lowest BCUT2D eigenvalue weighted by atomic mass is 10.1. The molecule has 0 fully saturated rings. The summed E-state index contributed by atoms with van der Waals surface area (Å²) in [5.41, 5.74) is 6.83. The van der Waals surface area contributed by atoms with Gasteiger partial charge in [-0.25, -0.2) is 0 Å². The van der Waals surface area contributed by atoms with Gasteiger partial charge in [-0.05, 0) is 26.3 Å². The maximum atomic E-state index is 9.57. The third kappa shape index (κ3) is 2.06. The van der Waals surface area contributed by atoms with Crippen LogP contribution in [0.4, 0.5) is 0 Å². The summed E-state index contributed by atoms with van der Waals surface area (Å²) in [7, 11) is 0. The van der Waals surface area contributed by atoms with Gasteiger partial charge in [0, 0.05) is 5.56 Å². The molecule has 0 saturated carbocycles. The first kappa shape index (κ1) is 9.22. The molecule has 1 rings (SSSR count). The molecule has 1 aromatic heterocycles. The van der Waals surface area contributed by atoms with Crippen LogP contribution in [0.3, 0.4) is 0 Å². The van der Waals surface area contributed by atoms with Crippen molar-refractivity contribution in [2.75, 3.05) is 6.54 Å². The average Bonchev–Trinajstić information content (AvgIpc) is 2.47. The van der Waals surface area contributed by atoms with Crippen LogP contribution in [-0.2, 0) is 0 Å². The van der Waals surface area contributed by atoms with Crippen molar-refractivity contribution in [1.82, 2.24) is 5.16 Å². The zero-order chi connectivity index (χ0) is 8.97. The summed E-state index contributed by atoms with van der Waals surface area (Å²) in [5, 5.41) is 13.2. The van der Waals surface area contributed by atoms with Crippen molar-refractivity contribution in [3.05, 3.63) is 17.5 Å². The SMILES string of the molecule is Cc1nocc1C(O)CCCN. The molecule has 0 saturated heterocycles. The van der Waals surface area contributed by atoms with E-state index in [1.807, 2.05) is 6.92 Å². The fourth-order valence-corrected chi connectivity index (χ4v) is 1.09. The zero-order valence-electron chi connectivity index (χ0n) is 7.16. The van der Waals surface area contributed by atoms with E-state index in [-0.39, 0.29) is 0 Å². The van der Waals surface area contributed by atoms with E-state index >= 15 is 0 Å². The van der Waals surface area contributed by atoms with E-state index in [9.17, 15) is 5.11 Å². The van der Waals surface area contributed by atoms with Crippen LogP contribution in [0.15, 0.2) is 10.8 Å². The largest absolute Gasteiger partial charge is 0.388 e. The molecule has 0 aliphatic heterocycles. The summed E-state index contributed by atoms with van der Waals surface area (Å²) in [5.74, 6) is 0. The van der Waals surface area contributed by atoms with Crippen molar-refractivity contribution in [1.29, 1.82) is 0 Å². The molecule has 0 spiro atoms. The molecule has 4 nitrogen and oxygen atoms in total. The molecule has 0 aromatic carbocycles. The molecule has 1 aromatic rings. The fraction of sp³-hybridized carbons (Fsp3) is 0.625. The first-order valence-electron chi connectivity index (χ1n) is 4.04. The highest BCUT2D eigenvalue weighted by molar-refractivity contribution is 5.15. The summed E-state index contributed by atoms with van der Waals surface area (Å²) < 4.78 is 4.71. The number of hydrogen-bond acceptors (Lipinski definition) is 4. The van der Waals surface area contributed by atoms with Gasteiger partial charge in [-0.1, -0.05) is 5.16 Å². The van der Waals surface area contributed by atoms with Gasteiger partial charge in [0.25, 0.3) is 0 Å². The first-order chi connectivity index (χ1) is 5.75. The van der Waals surface area contributed by atoms with Gasteiger partial charge >= 0.3 is 0 Å².